The van der Waals surface area contributed by atoms with Crippen molar-refractivity contribution in [3.05, 3.63) is 24.5 Å². The number of hydrogen-bond acceptors (Lipinski definition) is 3. The Morgan fingerprint density at radius 3 is 2.57 bits per heavy atom. The molecule has 1 aliphatic rings. The third-order valence-corrected chi connectivity index (χ3v) is 4.79. The first-order valence-electron chi connectivity index (χ1n) is 7.74. The Labute approximate surface area is 126 Å². The largest absolute Gasteiger partial charge is 0.476 e. The van der Waals surface area contributed by atoms with Crippen LogP contribution in [0.1, 0.15) is 56.4 Å². The van der Waals surface area contributed by atoms with Crippen molar-refractivity contribution in [2.45, 2.75) is 46.0 Å². The smallest absolute Gasteiger partial charge is 0.356 e. The summed E-state index contributed by atoms with van der Waals surface area (Å²) in [6.07, 6.45) is 7.75. The molecule has 1 N–H and O–H groups in total. The van der Waals surface area contributed by atoms with Gasteiger partial charge in [0.25, 0.3) is 0 Å². The van der Waals surface area contributed by atoms with E-state index in [1.807, 2.05) is 0 Å². The molecule has 0 amide bonds. The normalized spacial score (nSPS) is 17.7. The van der Waals surface area contributed by atoms with Gasteiger partial charge < -0.3 is 10.0 Å². The maximum Gasteiger partial charge on any atom is 0.356 e. The van der Waals surface area contributed by atoms with Gasteiger partial charge in [-0.05, 0) is 30.7 Å². The molecular weight excluding hydrogens is 266 g/mol. The maximum absolute atomic E-state index is 10.9. The molecule has 0 aromatic carbocycles. The van der Waals surface area contributed by atoms with Crippen LogP contribution in [0.5, 0.6) is 0 Å². The minimum absolute atomic E-state index is 0.0575. The number of aromatic carboxylic acids is 1. The molecule has 1 aromatic rings. The van der Waals surface area contributed by atoms with Crippen LogP contribution in [0.4, 0.5) is 0 Å². The monoisotopic (exact) mass is 291 g/mol. The number of rotatable bonds is 6. The van der Waals surface area contributed by atoms with Crippen LogP contribution < -0.4 is 0 Å². The van der Waals surface area contributed by atoms with Crippen LogP contribution in [-0.2, 0) is 0 Å². The first-order valence-corrected chi connectivity index (χ1v) is 7.74. The summed E-state index contributed by atoms with van der Waals surface area (Å²) in [5.41, 5.74) is 0.532. The number of piperidine rings is 1. The molecule has 21 heavy (non-hydrogen) atoms. The van der Waals surface area contributed by atoms with Crippen LogP contribution in [0, 0.1) is 5.41 Å². The lowest BCUT2D eigenvalue weighted by molar-refractivity contribution is 0.0690. The summed E-state index contributed by atoms with van der Waals surface area (Å²) >= 11 is 0. The molecule has 5 heteroatoms. The summed E-state index contributed by atoms with van der Waals surface area (Å²) in [5, 5.41) is 13.0. The lowest BCUT2D eigenvalue weighted by Gasteiger charge is -2.42. The van der Waals surface area contributed by atoms with E-state index in [0.29, 0.717) is 5.41 Å². The molecule has 1 fully saturated rings. The van der Waals surface area contributed by atoms with E-state index in [0.717, 1.165) is 18.9 Å². The van der Waals surface area contributed by atoms with Gasteiger partial charge in [-0.25, -0.2) is 9.48 Å². The van der Waals surface area contributed by atoms with E-state index in [-0.39, 0.29) is 5.69 Å². The Bertz CT molecular complexity index is 513. The number of carboxylic acids is 1. The van der Waals surface area contributed by atoms with Gasteiger partial charge in [0.1, 0.15) is 5.82 Å². The minimum Gasteiger partial charge on any atom is -0.476 e. The first kappa shape index (κ1) is 15.6. The van der Waals surface area contributed by atoms with E-state index < -0.39 is 5.97 Å². The molecule has 0 bridgehead atoms. The molecule has 0 unspecified atom stereocenters. The molecule has 1 aromatic heterocycles. The van der Waals surface area contributed by atoms with Crippen molar-refractivity contribution < 1.29 is 9.90 Å². The van der Waals surface area contributed by atoms with Crippen LogP contribution in [0.2, 0.25) is 0 Å². The predicted molar refractivity (Wildman–Crippen MR) is 83.0 cm³/mol. The summed E-state index contributed by atoms with van der Waals surface area (Å²) in [5.74, 6) is -0.239. The first-order chi connectivity index (χ1) is 10.0. The molecule has 0 radical (unpaired) electrons. The Kier molecular flexibility index (Phi) is 4.70. The SMILES string of the molecule is C=C(N1CCC(CC)(CCC)CC1)n1ccc(C(=O)O)n1. The Balaban J connectivity index is 2.01. The molecule has 1 aliphatic heterocycles. The molecule has 5 nitrogen and oxygen atoms in total. The quantitative estimate of drug-likeness (QED) is 0.873. The number of carboxylic acid groups (broad SMARTS) is 1. The molecule has 0 saturated carbocycles. The van der Waals surface area contributed by atoms with Crippen LogP contribution in [0.25, 0.3) is 5.82 Å². The molecule has 1 saturated heterocycles. The Morgan fingerprint density at radius 1 is 1.43 bits per heavy atom. The van der Waals surface area contributed by atoms with Gasteiger partial charge in [-0.1, -0.05) is 33.3 Å². The van der Waals surface area contributed by atoms with Gasteiger partial charge in [0.2, 0.25) is 0 Å². The summed E-state index contributed by atoms with van der Waals surface area (Å²) in [4.78, 5) is 13.1. The maximum atomic E-state index is 10.9. The molecule has 0 atom stereocenters. The van der Waals surface area contributed by atoms with Crippen molar-refractivity contribution in [2.24, 2.45) is 5.41 Å². The topological polar surface area (TPSA) is 58.4 Å². The van der Waals surface area contributed by atoms with E-state index in [1.165, 1.54) is 38.2 Å². The van der Waals surface area contributed by atoms with Crippen LogP contribution >= 0.6 is 0 Å². The zero-order valence-corrected chi connectivity index (χ0v) is 13.0. The van der Waals surface area contributed by atoms with E-state index in [2.05, 4.69) is 30.4 Å². The number of nitrogens with zero attached hydrogens (tertiary/aromatic N) is 3. The summed E-state index contributed by atoms with van der Waals surface area (Å²) in [6, 6.07) is 1.50. The van der Waals surface area contributed by atoms with Gasteiger partial charge in [0.05, 0.1) is 0 Å². The standard InChI is InChI=1S/C16H25N3O2/c1-4-7-16(5-2)8-11-18(12-9-16)13(3)19-10-6-14(17-19)15(20)21/h6,10H,3-5,7-9,11-12H2,1-2H3,(H,20,21). The van der Waals surface area contributed by atoms with Gasteiger partial charge in [-0.2, -0.15) is 5.10 Å². The number of carbonyl (C=O) groups is 1. The second kappa shape index (κ2) is 6.33. The highest BCUT2D eigenvalue weighted by molar-refractivity contribution is 5.85. The molecular formula is C16H25N3O2. The van der Waals surface area contributed by atoms with Crippen molar-refractivity contribution in [1.29, 1.82) is 0 Å². The lowest BCUT2D eigenvalue weighted by Crippen LogP contribution is -2.39. The minimum atomic E-state index is -1.01. The van der Waals surface area contributed by atoms with Crippen molar-refractivity contribution in [1.82, 2.24) is 14.7 Å². The Hall–Kier alpha value is -1.78. The van der Waals surface area contributed by atoms with Crippen LogP contribution in [-0.4, -0.2) is 38.8 Å². The zero-order chi connectivity index (χ0) is 15.5. The van der Waals surface area contributed by atoms with Crippen molar-refractivity contribution >= 4 is 11.8 Å². The summed E-state index contributed by atoms with van der Waals surface area (Å²) in [6.45, 7) is 10.5. The van der Waals surface area contributed by atoms with Crippen molar-refractivity contribution in [3.63, 3.8) is 0 Å². The van der Waals surface area contributed by atoms with Crippen LogP contribution in [0.15, 0.2) is 18.8 Å². The Morgan fingerprint density at radius 2 is 2.10 bits per heavy atom. The highest BCUT2D eigenvalue weighted by Gasteiger charge is 2.32. The lowest BCUT2D eigenvalue weighted by atomic mass is 9.73. The van der Waals surface area contributed by atoms with Gasteiger partial charge >= 0.3 is 5.97 Å². The average Bonchev–Trinajstić information content (AvgIpc) is 2.97. The van der Waals surface area contributed by atoms with Crippen molar-refractivity contribution in [2.75, 3.05) is 13.1 Å². The van der Waals surface area contributed by atoms with E-state index in [4.69, 9.17) is 5.11 Å². The molecule has 116 valence electrons. The third-order valence-electron chi connectivity index (χ3n) is 4.79. The second-order valence-corrected chi connectivity index (χ2v) is 5.96. The second-order valence-electron chi connectivity index (χ2n) is 5.96. The van der Waals surface area contributed by atoms with Crippen LogP contribution in [0.3, 0.4) is 0 Å². The summed E-state index contributed by atoms with van der Waals surface area (Å²) < 4.78 is 1.57. The van der Waals surface area contributed by atoms with E-state index >= 15 is 0 Å². The zero-order valence-electron chi connectivity index (χ0n) is 13.0. The predicted octanol–water partition coefficient (Wildman–Crippen LogP) is 3.30. The number of aromatic nitrogens is 2. The fraction of sp³-hybridized carbons (Fsp3) is 0.625. The van der Waals surface area contributed by atoms with Gasteiger partial charge in [-0.3, -0.25) is 0 Å². The molecule has 0 spiro atoms. The highest BCUT2D eigenvalue weighted by Crippen LogP contribution is 2.40. The fourth-order valence-electron chi connectivity index (χ4n) is 3.28. The van der Waals surface area contributed by atoms with E-state index in [1.54, 1.807) is 10.9 Å². The highest BCUT2D eigenvalue weighted by atomic mass is 16.4. The average molecular weight is 291 g/mol. The molecule has 2 rings (SSSR count). The third kappa shape index (κ3) is 3.28. The molecule has 0 aliphatic carbocycles. The van der Waals surface area contributed by atoms with Crippen molar-refractivity contribution in [3.8, 4) is 0 Å². The summed E-state index contributed by atoms with van der Waals surface area (Å²) in [7, 11) is 0. The van der Waals surface area contributed by atoms with E-state index in [9.17, 15) is 4.79 Å². The van der Waals surface area contributed by atoms with Gasteiger partial charge in [-0.15, -0.1) is 0 Å². The molecule has 2 heterocycles. The van der Waals surface area contributed by atoms with Gasteiger partial charge in [0, 0.05) is 19.3 Å². The number of likely N-dealkylation sites (tertiary alicyclic amines) is 1. The number of hydrogen-bond donors (Lipinski definition) is 1. The fourth-order valence-corrected chi connectivity index (χ4v) is 3.28. The van der Waals surface area contributed by atoms with Gasteiger partial charge in [0.15, 0.2) is 5.69 Å².